The van der Waals surface area contributed by atoms with Crippen molar-refractivity contribution in [2.45, 2.75) is 44.2 Å². The molecule has 1 aliphatic carbocycles. The largest absolute Gasteiger partial charge is 0.467 e. The number of nitro groups is 1. The van der Waals surface area contributed by atoms with Crippen molar-refractivity contribution in [3.05, 3.63) is 97.5 Å². The maximum Gasteiger partial charge on any atom is 0.328 e. The van der Waals surface area contributed by atoms with Crippen molar-refractivity contribution in [1.29, 1.82) is 0 Å². The first-order valence-electron chi connectivity index (χ1n) is 13.1. The highest BCUT2D eigenvalue weighted by Crippen LogP contribution is 2.33. The highest BCUT2D eigenvalue weighted by atomic mass is 35.5. The number of carbonyl (C=O) groups is 3. The van der Waals surface area contributed by atoms with Crippen LogP contribution < -0.4 is 10.6 Å². The van der Waals surface area contributed by atoms with Gasteiger partial charge in [0.2, 0.25) is 0 Å². The number of carbonyl (C=O) groups excluding carboxylic acids is 3. The van der Waals surface area contributed by atoms with Gasteiger partial charge in [-0.2, -0.15) is 0 Å². The molecule has 0 radical (unpaired) electrons. The number of ether oxygens (including phenoxy) is 1. The van der Waals surface area contributed by atoms with Crippen molar-refractivity contribution in [3.63, 3.8) is 0 Å². The van der Waals surface area contributed by atoms with Gasteiger partial charge in [-0.3, -0.25) is 19.7 Å². The van der Waals surface area contributed by atoms with Gasteiger partial charge in [0.1, 0.15) is 11.8 Å². The zero-order valence-electron chi connectivity index (χ0n) is 22.3. The summed E-state index contributed by atoms with van der Waals surface area (Å²) in [7, 11) is 1.19. The number of aryl methyl sites for hydroxylation is 1. The molecule has 1 aliphatic rings. The molecule has 0 saturated carbocycles. The predicted octanol–water partition coefficient (Wildman–Crippen LogP) is 5.86. The third kappa shape index (κ3) is 7.49. The average molecular weight is 598 g/mol. The number of methoxy groups -OCH3 is 1. The van der Waals surface area contributed by atoms with Gasteiger partial charge in [-0.05, 0) is 60.1 Å². The lowest BCUT2D eigenvalue weighted by Crippen LogP contribution is -2.42. The first-order chi connectivity index (χ1) is 19.7. The summed E-state index contributed by atoms with van der Waals surface area (Å²) >= 11 is 12.8. The number of hydrogen-bond donors (Lipinski definition) is 2. The Balaban J connectivity index is 1.38. The summed E-state index contributed by atoms with van der Waals surface area (Å²) in [5.41, 5.74) is 3.47. The van der Waals surface area contributed by atoms with Gasteiger partial charge >= 0.3 is 5.97 Å². The fraction of sp³-hybridized carbons (Fsp3) is 0.300. The molecule has 11 heteroatoms. The Morgan fingerprint density at radius 3 is 2.41 bits per heavy atom. The standard InChI is InChI=1S/C30H29Cl2N3O6/c1-41-30(38)27(34-29(37)28-24(31)14-20(15-25(28)32)18-6-3-2-4-7-18)13-12-22(36)17-33-26-9-5-8-19-10-11-21(35(39)40)16-23(19)26/h2-4,6-7,10-11,14-16,26-27,33H,5,8-9,12-13,17H2,1H3,(H,34,37)/t26?,27-/m0/s1. The van der Waals surface area contributed by atoms with E-state index in [-0.39, 0.29) is 52.5 Å². The second kappa shape index (κ2) is 13.7. The van der Waals surface area contributed by atoms with Gasteiger partial charge in [0.15, 0.2) is 0 Å². The van der Waals surface area contributed by atoms with Crippen molar-refractivity contribution in [2.75, 3.05) is 13.7 Å². The molecule has 1 amide bonds. The molecule has 3 aromatic carbocycles. The lowest BCUT2D eigenvalue weighted by Gasteiger charge is -2.26. The Hall–Kier alpha value is -3.79. The van der Waals surface area contributed by atoms with E-state index in [1.54, 1.807) is 24.3 Å². The zero-order chi connectivity index (χ0) is 29.5. The summed E-state index contributed by atoms with van der Waals surface area (Å²) in [5.74, 6) is -1.56. The second-order valence-corrected chi connectivity index (χ2v) is 10.6. The topological polar surface area (TPSA) is 128 Å². The number of amides is 1. The molecule has 0 heterocycles. The van der Waals surface area contributed by atoms with Crippen molar-refractivity contribution in [2.24, 2.45) is 0 Å². The normalized spacial score (nSPS) is 15.0. The van der Waals surface area contributed by atoms with Crippen LogP contribution in [-0.2, 0) is 20.7 Å². The van der Waals surface area contributed by atoms with Crippen molar-refractivity contribution < 1.29 is 24.0 Å². The van der Waals surface area contributed by atoms with Gasteiger partial charge < -0.3 is 15.4 Å². The summed E-state index contributed by atoms with van der Waals surface area (Å²) in [6, 6.07) is 16.2. The van der Waals surface area contributed by atoms with Crippen LogP contribution >= 0.6 is 23.2 Å². The van der Waals surface area contributed by atoms with Crippen LogP contribution in [0.25, 0.3) is 11.1 Å². The number of benzene rings is 3. The number of nitro benzene ring substituents is 1. The number of Topliss-reactive ketones (excluding diaryl/α,β-unsaturated/α-hetero) is 1. The molecule has 0 saturated heterocycles. The Morgan fingerprint density at radius 1 is 1.05 bits per heavy atom. The van der Waals surface area contributed by atoms with Crippen LogP contribution in [0, 0.1) is 10.1 Å². The van der Waals surface area contributed by atoms with E-state index in [2.05, 4.69) is 10.6 Å². The average Bonchev–Trinajstić information content (AvgIpc) is 2.97. The minimum Gasteiger partial charge on any atom is -0.467 e. The van der Waals surface area contributed by atoms with Crippen LogP contribution in [0.4, 0.5) is 5.69 Å². The maximum atomic E-state index is 13.1. The molecule has 3 aromatic rings. The summed E-state index contributed by atoms with van der Waals surface area (Å²) < 4.78 is 4.84. The van der Waals surface area contributed by atoms with Gasteiger partial charge in [0, 0.05) is 24.6 Å². The first-order valence-corrected chi connectivity index (χ1v) is 13.9. The number of fused-ring (bicyclic) bond motifs is 1. The van der Waals surface area contributed by atoms with Gasteiger partial charge in [0.25, 0.3) is 11.6 Å². The molecule has 1 unspecified atom stereocenters. The zero-order valence-corrected chi connectivity index (χ0v) is 23.8. The number of non-ortho nitro benzene ring substituents is 1. The molecule has 0 aromatic heterocycles. The minimum absolute atomic E-state index is 0.00297. The molecule has 0 fully saturated rings. The Kier molecular flexibility index (Phi) is 10.1. The number of esters is 1. The summed E-state index contributed by atoms with van der Waals surface area (Å²) in [6.45, 7) is 0.00718. The van der Waals surface area contributed by atoms with Gasteiger partial charge in [0.05, 0.1) is 34.2 Å². The third-order valence-corrected chi connectivity index (χ3v) is 7.68. The predicted molar refractivity (Wildman–Crippen MR) is 156 cm³/mol. The summed E-state index contributed by atoms with van der Waals surface area (Å²) in [5, 5.41) is 17.2. The molecule has 0 aliphatic heterocycles. The number of halogens is 2. The van der Waals surface area contributed by atoms with Crippen molar-refractivity contribution >= 4 is 46.5 Å². The summed E-state index contributed by atoms with van der Waals surface area (Å²) in [4.78, 5) is 49.1. The molecule has 41 heavy (non-hydrogen) atoms. The quantitative estimate of drug-likeness (QED) is 0.161. The molecule has 214 valence electrons. The Bertz CT molecular complexity index is 1440. The fourth-order valence-corrected chi connectivity index (χ4v) is 5.61. The molecule has 2 N–H and O–H groups in total. The molecule has 4 rings (SSSR count). The number of nitrogens with one attached hydrogen (secondary N) is 2. The summed E-state index contributed by atoms with van der Waals surface area (Å²) in [6.07, 6.45) is 2.44. The Morgan fingerprint density at radius 2 is 1.76 bits per heavy atom. The number of hydrogen-bond acceptors (Lipinski definition) is 7. The molecular weight excluding hydrogens is 569 g/mol. The van der Waals surface area contributed by atoms with Gasteiger partial charge in [-0.1, -0.05) is 59.6 Å². The van der Waals surface area contributed by atoms with E-state index in [0.29, 0.717) is 0 Å². The van der Waals surface area contributed by atoms with Crippen molar-refractivity contribution in [3.8, 4) is 11.1 Å². The molecule has 0 bridgehead atoms. The van der Waals surface area contributed by atoms with Crippen LogP contribution in [-0.4, -0.2) is 42.3 Å². The van der Waals surface area contributed by atoms with Crippen molar-refractivity contribution in [1.82, 2.24) is 10.6 Å². The van der Waals surface area contributed by atoms with Crippen LogP contribution in [0.15, 0.2) is 60.7 Å². The Labute approximate surface area is 247 Å². The highest BCUT2D eigenvalue weighted by molar-refractivity contribution is 6.40. The second-order valence-electron chi connectivity index (χ2n) is 9.77. The van der Waals surface area contributed by atoms with Crippen LogP contribution in [0.2, 0.25) is 10.0 Å². The van der Waals surface area contributed by atoms with E-state index in [9.17, 15) is 24.5 Å². The lowest BCUT2D eigenvalue weighted by molar-refractivity contribution is -0.385. The minimum atomic E-state index is -1.10. The third-order valence-electron chi connectivity index (χ3n) is 7.08. The van der Waals surface area contributed by atoms with Crippen LogP contribution in [0.5, 0.6) is 0 Å². The van der Waals surface area contributed by atoms with E-state index in [0.717, 1.165) is 41.5 Å². The first kappa shape index (κ1) is 30.2. The molecule has 0 spiro atoms. The molecular formula is C30H29Cl2N3O6. The maximum absolute atomic E-state index is 13.1. The number of ketones is 1. The van der Waals surface area contributed by atoms with E-state index in [1.165, 1.54) is 13.2 Å². The van der Waals surface area contributed by atoms with E-state index in [4.69, 9.17) is 27.9 Å². The monoisotopic (exact) mass is 597 g/mol. The van der Waals surface area contributed by atoms with Gasteiger partial charge in [-0.25, -0.2) is 4.79 Å². The van der Waals surface area contributed by atoms with Crippen LogP contribution in [0.1, 0.15) is 53.2 Å². The van der Waals surface area contributed by atoms with Crippen LogP contribution in [0.3, 0.4) is 0 Å². The van der Waals surface area contributed by atoms with E-state index >= 15 is 0 Å². The number of nitrogens with zero attached hydrogens (tertiary/aromatic N) is 1. The smallest absolute Gasteiger partial charge is 0.328 e. The molecule has 9 nitrogen and oxygen atoms in total. The SMILES string of the molecule is COC(=O)[C@H](CCC(=O)CNC1CCCc2ccc([N+](=O)[O-])cc21)NC(=O)c1c(Cl)cc(-c2ccccc2)cc1Cl. The lowest BCUT2D eigenvalue weighted by atomic mass is 9.87. The highest BCUT2D eigenvalue weighted by Gasteiger charge is 2.27. The number of rotatable bonds is 11. The molecule has 2 atom stereocenters. The van der Waals surface area contributed by atoms with E-state index < -0.39 is 22.8 Å². The van der Waals surface area contributed by atoms with Gasteiger partial charge in [-0.15, -0.1) is 0 Å². The fourth-order valence-electron chi connectivity index (χ4n) is 4.95. The van der Waals surface area contributed by atoms with E-state index in [1.807, 2.05) is 30.3 Å².